The van der Waals surface area contributed by atoms with E-state index in [-0.39, 0.29) is 15.6 Å². The van der Waals surface area contributed by atoms with Crippen LogP contribution in [0.3, 0.4) is 0 Å². The van der Waals surface area contributed by atoms with Gasteiger partial charge in [0.1, 0.15) is 6.20 Å². The van der Waals surface area contributed by atoms with Gasteiger partial charge in [-0.1, -0.05) is 43.5 Å². The molecule has 0 amide bonds. The van der Waals surface area contributed by atoms with Crippen molar-refractivity contribution in [1.82, 2.24) is 5.32 Å². The van der Waals surface area contributed by atoms with E-state index in [0.717, 1.165) is 55.7 Å². The van der Waals surface area contributed by atoms with Gasteiger partial charge in [0, 0.05) is 5.92 Å². The molecule has 2 aromatic carbocycles. The summed E-state index contributed by atoms with van der Waals surface area (Å²) in [5, 5.41) is 28.4. The lowest BCUT2D eigenvalue weighted by molar-refractivity contribution is -0.915. The number of aliphatic hydroxyl groups is 2. The van der Waals surface area contributed by atoms with Crippen LogP contribution in [0.15, 0.2) is 60.9 Å². The molecule has 0 aromatic heterocycles. The topological polar surface area (TPSA) is 52.5 Å². The maximum atomic E-state index is 13.8. The molecule has 0 bridgehead atoms. The van der Waals surface area contributed by atoms with Gasteiger partial charge in [-0.2, -0.15) is 26.3 Å². The monoisotopic (exact) mass is 543 g/mol. The molecule has 1 saturated carbocycles. The largest absolute Gasteiger partial charge is 0.416 e. The molecule has 0 spiro atoms. The van der Waals surface area contributed by atoms with Gasteiger partial charge >= 0.3 is 12.4 Å². The number of benzene rings is 2. The van der Waals surface area contributed by atoms with Gasteiger partial charge in [-0.25, -0.2) is 0 Å². The number of likely N-dealkylation sites (N-methyl/N-ethyl adjacent to an activating group) is 1. The first-order valence-corrected chi connectivity index (χ1v) is 12.6. The Hall–Kier alpha value is -2.56. The van der Waals surface area contributed by atoms with E-state index in [2.05, 4.69) is 5.32 Å². The van der Waals surface area contributed by atoms with Crippen molar-refractivity contribution < 1.29 is 41.0 Å². The highest BCUT2D eigenvalue weighted by Gasteiger charge is 2.74. The molecule has 3 unspecified atom stereocenters. The lowest BCUT2D eigenvalue weighted by atomic mass is 9.59. The highest BCUT2D eigenvalue weighted by molar-refractivity contribution is 5.39. The average molecular weight is 544 g/mol. The van der Waals surface area contributed by atoms with Gasteiger partial charge < -0.3 is 15.5 Å². The first kappa shape index (κ1) is 28.4. The minimum absolute atomic E-state index is 0.0196. The summed E-state index contributed by atoms with van der Waals surface area (Å²) in [7, 11) is 3.38. The number of nitrogens with zero attached hydrogens (tertiary/aromatic N) is 1. The zero-order valence-corrected chi connectivity index (χ0v) is 21.5. The van der Waals surface area contributed by atoms with E-state index in [9.17, 15) is 36.6 Å². The Balaban J connectivity index is 2.00. The molecule has 3 atom stereocenters. The summed E-state index contributed by atoms with van der Waals surface area (Å²) >= 11 is 0. The fraction of sp³-hybridized carbons (Fsp3) is 0.500. The second-order valence-electron chi connectivity index (χ2n) is 11.0. The zero-order valence-electron chi connectivity index (χ0n) is 21.5. The summed E-state index contributed by atoms with van der Waals surface area (Å²) in [6, 6.07) is 8.50. The molecule has 10 heteroatoms. The lowest BCUT2D eigenvalue weighted by Crippen LogP contribution is -2.81. The Morgan fingerprint density at radius 1 is 0.789 bits per heavy atom. The smallest absolute Gasteiger partial charge is 0.377 e. The molecule has 2 aliphatic rings. The van der Waals surface area contributed by atoms with Gasteiger partial charge in [-0.3, -0.25) is 4.48 Å². The van der Waals surface area contributed by atoms with Gasteiger partial charge in [-0.05, 0) is 55.2 Å². The Bertz CT molecular complexity index is 1180. The van der Waals surface area contributed by atoms with Crippen LogP contribution in [0.25, 0.3) is 0 Å². The zero-order chi connectivity index (χ0) is 28.2. The van der Waals surface area contributed by atoms with Gasteiger partial charge in [0.2, 0.25) is 5.66 Å². The van der Waals surface area contributed by atoms with Crippen molar-refractivity contribution in [2.75, 3.05) is 14.1 Å². The van der Waals surface area contributed by atoms with Crippen molar-refractivity contribution >= 4 is 0 Å². The Morgan fingerprint density at radius 2 is 1.32 bits per heavy atom. The molecule has 1 aliphatic carbocycles. The van der Waals surface area contributed by atoms with Crippen LogP contribution in [0.2, 0.25) is 0 Å². The van der Waals surface area contributed by atoms with Crippen LogP contribution in [0.4, 0.5) is 26.3 Å². The number of halogens is 6. The van der Waals surface area contributed by atoms with Gasteiger partial charge in [-0.15, -0.1) is 0 Å². The van der Waals surface area contributed by atoms with Crippen molar-refractivity contribution in [3.8, 4) is 0 Å². The highest BCUT2D eigenvalue weighted by Crippen LogP contribution is 2.57. The Kier molecular flexibility index (Phi) is 6.94. The third kappa shape index (κ3) is 4.30. The van der Waals surface area contributed by atoms with Gasteiger partial charge in [0.05, 0.1) is 31.4 Å². The van der Waals surface area contributed by atoms with E-state index in [4.69, 9.17) is 0 Å². The number of rotatable bonds is 5. The van der Waals surface area contributed by atoms with E-state index < -0.39 is 46.3 Å². The third-order valence-corrected chi connectivity index (χ3v) is 8.46. The summed E-state index contributed by atoms with van der Waals surface area (Å²) in [6.45, 7) is 1.39. The van der Waals surface area contributed by atoms with Crippen LogP contribution in [0.5, 0.6) is 0 Å². The van der Waals surface area contributed by atoms with E-state index in [1.165, 1.54) is 25.3 Å². The molecular weight excluding hydrogens is 510 g/mol. The second-order valence-corrected chi connectivity index (χ2v) is 11.0. The van der Waals surface area contributed by atoms with Crippen LogP contribution in [-0.4, -0.2) is 34.5 Å². The van der Waals surface area contributed by atoms with Crippen molar-refractivity contribution in [1.29, 1.82) is 0 Å². The Morgan fingerprint density at radius 3 is 1.82 bits per heavy atom. The van der Waals surface area contributed by atoms with Crippen LogP contribution in [-0.2, 0) is 23.6 Å². The molecule has 1 aliphatic heterocycles. The van der Waals surface area contributed by atoms with Crippen molar-refractivity contribution in [2.24, 2.45) is 5.92 Å². The molecule has 208 valence electrons. The van der Waals surface area contributed by atoms with Crippen LogP contribution >= 0.6 is 0 Å². The molecule has 4 nitrogen and oxygen atoms in total. The maximum absolute atomic E-state index is 13.8. The lowest BCUT2D eigenvalue weighted by Gasteiger charge is -2.60. The predicted molar refractivity (Wildman–Crippen MR) is 130 cm³/mol. The van der Waals surface area contributed by atoms with Crippen LogP contribution in [0.1, 0.15) is 61.3 Å². The molecule has 0 radical (unpaired) electrons. The van der Waals surface area contributed by atoms with E-state index >= 15 is 0 Å². The SMILES string of the molecule is CC(O)(c1ccc(C(F)(F)F)cc1)C1(C(O)(c2cccc(C(F)(F)F)c2)C2CCCCC2)NC=C[N+]1(C)C. The summed E-state index contributed by atoms with van der Waals surface area (Å²) < 4.78 is 81.0. The van der Waals surface area contributed by atoms with Crippen LogP contribution in [0, 0.1) is 5.92 Å². The fourth-order valence-electron chi connectivity index (χ4n) is 6.63. The molecule has 2 aromatic rings. The fourth-order valence-corrected chi connectivity index (χ4v) is 6.63. The van der Waals surface area contributed by atoms with Gasteiger partial charge in [0.15, 0.2) is 11.2 Å². The molecule has 1 heterocycles. The van der Waals surface area contributed by atoms with E-state index in [1.807, 2.05) is 0 Å². The predicted octanol–water partition coefficient (Wildman–Crippen LogP) is 6.25. The standard InChI is InChI=1S/C28H33F6N2O2/c1-24(37,19-12-14-21(15-13-19)26(29,30)31)28(35-16-17-36(28,2)3)25(38,20-8-5-4-6-9-20)22-10-7-11-23(18-22)27(32,33)34/h7,10-18,20,35,37-38H,4-6,8-9H2,1-3H3/q+1. The summed E-state index contributed by atoms with van der Waals surface area (Å²) in [4.78, 5) is 0. The number of hydrogen-bond acceptors (Lipinski definition) is 3. The quantitative estimate of drug-likeness (QED) is 0.309. The maximum Gasteiger partial charge on any atom is 0.416 e. The first-order chi connectivity index (χ1) is 17.5. The van der Waals surface area contributed by atoms with E-state index in [1.54, 1.807) is 20.3 Å². The summed E-state index contributed by atoms with van der Waals surface area (Å²) in [6.07, 6.45) is -2.68. The average Bonchev–Trinajstić information content (AvgIpc) is 3.19. The van der Waals surface area contributed by atoms with Crippen molar-refractivity contribution in [3.05, 3.63) is 83.2 Å². The van der Waals surface area contributed by atoms with Crippen molar-refractivity contribution in [2.45, 2.75) is 68.2 Å². The molecule has 38 heavy (non-hydrogen) atoms. The molecular formula is C28H33F6N2O2+. The third-order valence-electron chi connectivity index (χ3n) is 8.46. The summed E-state index contributed by atoms with van der Waals surface area (Å²) in [5.41, 5.74) is -7.74. The number of nitrogens with one attached hydrogen (secondary N) is 1. The normalized spacial score (nSPS) is 25.4. The molecule has 1 fully saturated rings. The molecule has 3 N–H and O–H groups in total. The first-order valence-electron chi connectivity index (χ1n) is 12.6. The van der Waals surface area contributed by atoms with Crippen molar-refractivity contribution in [3.63, 3.8) is 0 Å². The number of quaternary nitrogens is 1. The Labute approximate surface area is 218 Å². The second kappa shape index (κ2) is 9.27. The number of alkyl halides is 6. The van der Waals surface area contributed by atoms with Crippen LogP contribution < -0.4 is 5.32 Å². The molecule has 4 rings (SSSR count). The highest BCUT2D eigenvalue weighted by atomic mass is 19.4. The number of hydrogen-bond donors (Lipinski definition) is 3. The van der Waals surface area contributed by atoms with Gasteiger partial charge in [0.25, 0.3) is 0 Å². The minimum Gasteiger partial charge on any atom is -0.377 e. The molecule has 0 saturated heterocycles. The minimum atomic E-state index is -4.67. The summed E-state index contributed by atoms with van der Waals surface area (Å²) in [5.74, 6) is -0.551. The van der Waals surface area contributed by atoms with E-state index in [0.29, 0.717) is 12.8 Å².